The van der Waals surface area contributed by atoms with Crippen molar-refractivity contribution in [3.05, 3.63) is 0 Å². The minimum atomic E-state index is 0. The maximum Gasteiger partial charge on any atom is 0.0785 e. The molecule has 0 aliphatic carbocycles. The van der Waals surface area contributed by atoms with E-state index in [4.69, 9.17) is 0 Å². The number of halogens is 1. The predicted molar refractivity (Wildman–Crippen MR) is 233 cm³/mol. The Bertz CT molecular complexity index is 568. The van der Waals surface area contributed by atoms with Crippen molar-refractivity contribution in [1.29, 1.82) is 0 Å². The second-order valence-corrected chi connectivity index (χ2v) is 17.7. The van der Waals surface area contributed by atoms with Gasteiger partial charge in [-0.05, 0) is 38.5 Å². The molecule has 3 heteroatoms. The van der Waals surface area contributed by atoms with E-state index in [-0.39, 0.29) is 12.4 Å². The molecular weight excluding hydrogens is 654 g/mol. The monoisotopic (exact) mass is 756 g/mol. The van der Waals surface area contributed by atoms with Gasteiger partial charge in [0.15, 0.2) is 0 Å². The van der Waals surface area contributed by atoms with Crippen LogP contribution in [0.1, 0.15) is 284 Å². The molecule has 0 heterocycles. The number of hydrogen-bond donors (Lipinski definition) is 1. The fourth-order valence-corrected chi connectivity index (χ4v) is 8.44. The van der Waals surface area contributed by atoms with Gasteiger partial charge in [0.05, 0.1) is 26.7 Å². The zero-order valence-electron chi connectivity index (χ0n) is 36.8. The number of unbranched alkanes of at least 4 members (excludes halogenated alkanes) is 39. The van der Waals surface area contributed by atoms with Crippen molar-refractivity contribution in [1.82, 2.24) is 0 Å². The number of aliphatic hydroxyl groups is 1. The highest BCUT2D eigenvalue weighted by molar-refractivity contribution is 4.54. The van der Waals surface area contributed by atoms with Crippen LogP contribution in [-0.4, -0.2) is 42.9 Å². The normalized spacial score (nSPS) is 11.8. The molecule has 0 bridgehead atoms. The lowest BCUT2D eigenvalue weighted by molar-refractivity contribution is -0.910. The van der Waals surface area contributed by atoms with Gasteiger partial charge in [-0.3, -0.25) is 0 Å². The molecule has 0 saturated carbocycles. The largest absolute Gasteiger partial charge is 1.00 e. The van der Waals surface area contributed by atoms with Gasteiger partial charge in [0.25, 0.3) is 0 Å². The quantitative estimate of drug-likeness (QED) is 0.0484. The summed E-state index contributed by atoms with van der Waals surface area (Å²) in [6.45, 7) is 8.94. The molecule has 0 aromatic carbocycles. The topological polar surface area (TPSA) is 20.2 Å². The molecule has 0 aliphatic heterocycles. The molecule has 0 rings (SSSR count). The Labute approximate surface area is 337 Å². The Kier molecular flexibility index (Phi) is 49.5. The van der Waals surface area contributed by atoms with Gasteiger partial charge in [-0.2, -0.15) is 0 Å². The average molecular weight is 757 g/mol. The molecule has 1 N–H and O–H groups in total. The molecule has 316 valence electrons. The fraction of sp³-hybridized carbons (Fsp3) is 1.00. The third-order valence-electron chi connectivity index (χ3n) is 12.2. The first-order valence-corrected chi connectivity index (χ1v) is 24.6. The first kappa shape index (κ1) is 54.3. The number of nitrogens with zero attached hydrogens (tertiary/aromatic N) is 1. The molecule has 2 nitrogen and oxygen atoms in total. The highest BCUT2D eigenvalue weighted by Crippen LogP contribution is 2.18. The smallest absolute Gasteiger partial charge is 0.0785 e. The van der Waals surface area contributed by atoms with Crippen molar-refractivity contribution < 1.29 is 22.0 Å². The van der Waals surface area contributed by atoms with Gasteiger partial charge in [0, 0.05) is 6.61 Å². The highest BCUT2D eigenvalue weighted by atomic mass is 35.5. The first-order valence-electron chi connectivity index (χ1n) is 24.6. The van der Waals surface area contributed by atoms with E-state index < -0.39 is 0 Å². The van der Waals surface area contributed by atoms with Crippen LogP contribution in [0.2, 0.25) is 0 Å². The lowest BCUT2D eigenvalue weighted by Gasteiger charge is -2.35. The van der Waals surface area contributed by atoms with Crippen LogP contribution in [0, 0.1) is 0 Å². The molecule has 0 aliphatic rings. The van der Waals surface area contributed by atoms with Crippen LogP contribution in [0.5, 0.6) is 0 Å². The maximum absolute atomic E-state index is 9.36. The van der Waals surface area contributed by atoms with Crippen molar-refractivity contribution in [3.63, 3.8) is 0 Å². The van der Waals surface area contributed by atoms with Crippen molar-refractivity contribution in [2.45, 2.75) is 284 Å². The van der Waals surface area contributed by atoms with Crippen molar-refractivity contribution in [3.8, 4) is 0 Å². The fourth-order valence-electron chi connectivity index (χ4n) is 8.44. The summed E-state index contributed by atoms with van der Waals surface area (Å²) in [5.41, 5.74) is 0. The van der Waals surface area contributed by atoms with Gasteiger partial charge in [0.2, 0.25) is 0 Å². The van der Waals surface area contributed by atoms with Crippen LogP contribution >= 0.6 is 0 Å². The third kappa shape index (κ3) is 44.6. The van der Waals surface area contributed by atoms with E-state index in [9.17, 15) is 5.11 Å². The molecule has 0 spiro atoms. The summed E-state index contributed by atoms with van der Waals surface area (Å²) in [5, 5.41) is 9.36. The Hall–Kier alpha value is 0.210. The van der Waals surface area contributed by atoms with E-state index in [0.29, 0.717) is 6.61 Å². The van der Waals surface area contributed by atoms with Gasteiger partial charge in [-0.25, -0.2) is 0 Å². The second kappa shape index (κ2) is 47.4. The second-order valence-electron chi connectivity index (χ2n) is 17.7. The van der Waals surface area contributed by atoms with Crippen LogP contribution in [0.4, 0.5) is 0 Å². The van der Waals surface area contributed by atoms with E-state index in [1.54, 1.807) is 0 Å². The molecule has 0 saturated heterocycles. The number of aliphatic hydroxyl groups excluding tert-OH is 1. The first-order chi connectivity index (χ1) is 25.2. The summed E-state index contributed by atoms with van der Waals surface area (Å²) < 4.78 is 1.25. The zero-order valence-corrected chi connectivity index (χ0v) is 37.6. The summed E-state index contributed by atoms with van der Waals surface area (Å²) in [7, 11) is 2.52. The third-order valence-corrected chi connectivity index (χ3v) is 12.2. The molecule has 52 heavy (non-hydrogen) atoms. The summed E-state index contributed by atoms with van der Waals surface area (Å²) >= 11 is 0. The summed E-state index contributed by atoms with van der Waals surface area (Å²) in [6.07, 6.45) is 60.4. The Morgan fingerprint density at radius 2 is 0.404 bits per heavy atom. The molecule has 0 aromatic rings. The number of quaternary nitrogens is 1. The molecule has 0 amide bonds. The lowest BCUT2D eigenvalue weighted by atomic mass is 10.0. The lowest BCUT2D eigenvalue weighted by Crippen LogP contribution is -3.00. The van der Waals surface area contributed by atoms with E-state index in [1.807, 2.05) is 0 Å². The molecule has 0 aromatic heterocycles. The van der Waals surface area contributed by atoms with Crippen LogP contribution in [0.25, 0.3) is 0 Å². The van der Waals surface area contributed by atoms with Crippen molar-refractivity contribution in [2.24, 2.45) is 0 Å². The Morgan fingerprint density at radius 1 is 0.250 bits per heavy atom. The maximum atomic E-state index is 9.36. The molecule has 0 unspecified atom stereocenters. The molecule has 0 fully saturated rings. The van der Waals surface area contributed by atoms with Gasteiger partial charge >= 0.3 is 0 Å². The van der Waals surface area contributed by atoms with E-state index >= 15 is 0 Å². The van der Waals surface area contributed by atoms with Crippen LogP contribution < -0.4 is 12.4 Å². The summed E-state index contributed by atoms with van der Waals surface area (Å²) in [5.74, 6) is 0. The average Bonchev–Trinajstić information content (AvgIpc) is 3.13. The molecular formula is C49H102ClNO. The van der Waals surface area contributed by atoms with Crippen LogP contribution in [0.15, 0.2) is 0 Å². The Morgan fingerprint density at radius 3 is 0.577 bits per heavy atom. The summed E-state index contributed by atoms with van der Waals surface area (Å²) in [4.78, 5) is 0. The van der Waals surface area contributed by atoms with Gasteiger partial charge < -0.3 is 22.0 Å². The zero-order chi connectivity index (χ0) is 37.0. The minimum absolute atomic E-state index is 0. The van der Waals surface area contributed by atoms with E-state index in [1.165, 1.54) is 287 Å². The van der Waals surface area contributed by atoms with Crippen LogP contribution in [-0.2, 0) is 0 Å². The molecule has 0 atom stereocenters. The molecule has 0 radical (unpaired) electrons. The van der Waals surface area contributed by atoms with Gasteiger partial charge in [-0.15, -0.1) is 0 Å². The predicted octanol–water partition coefficient (Wildman–Crippen LogP) is 13.9. The van der Waals surface area contributed by atoms with Crippen LogP contribution in [0.3, 0.4) is 0 Å². The van der Waals surface area contributed by atoms with E-state index in [0.717, 1.165) is 6.42 Å². The minimum Gasteiger partial charge on any atom is -1.00 e. The standard InChI is InChI=1S/C49H102NO.ClH/c1-4-6-8-10-12-14-16-18-20-22-24-26-28-30-32-34-36-38-40-42-46-50(3,48-44-45-49-51)47-43-41-39-37-35-33-31-29-27-25-23-21-19-17-15-13-11-9-7-5-2;/h51H,4-49H2,1-3H3;1H/q+1;/p-1. The van der Waals surface area contributed by atoms with Gasteiger partial charge in [-0.1, -0.05) is 245 Å². The SMILES string of the molecule is CCCCCCCCCCCCCCCCCCCCCC[N+](C)(CCCCO)CCCCCCCCCCCCCCCCCCCCCC.[Cl-]. The number of hydrogen-bond acceptors (Lipinski definition) is 1. The highest BCUT2D eigenvalue weighted by Gasteiger charge is 2.20. The Balaban J connectivity index is 0. The van der Waals surface area contributed by atoms with Gasteiger partial charge in [0.1, 0.15) is 0 Å². The van der Waals surface area contributed by atoms with E-state index in [2.05, 4.69) is 20.9 Å². The number of rotatable bonds is 46. The summed E-state index contributed by atoms with van der Waals surface area (Å²) in [6, 6.07) is 0. The van der Waals surface area contributed by atoms with Crippen molar-refractivity contribution in [2.75, 3.05) is 33.3 Å². The van der Waals surface area contributed by atoms with Crippen molar-refractivity contribution >= 4 is 0 Å².